The molecule has 5 nitrogen and oxygen atoms in total. The Morgan fingerprint density at radius 1 is 1.08 bits per heavy atom. The number of hydrogen-bond donors (Lipinski definition) is 2. The van der Waals surface area contributed by atoms with Crippen molar-refractivity contribution in [2.45, 2.75) is 44.8 Å². The largest absolute Gasteiger partial charge is 0.376 e. The van der Waals surface area contributed by atoms with Crippen LogP contribution in [0.1, 0.15) is 44.3 Å². The zero-order valence-electron chi connectivity index (χ0n) is 15.7. The zero-order chi connectivity index (χ0) is 17.3. The van der Waals surface area contributed by atoms with Gasteiger partial charge in [-0.3, -0.25) is 4.99 Å². The molecule has 0 bridgehead atoms. The van der Waals surface area contributed by atoms with E-state index >= 15 is 0 Å². The van der Waals surface area contributed by atoms with Crippen LogP contribution in [0.3, 0.4) is 0 Å². The van der Waals surface area contributed by atoms with Crippen LogP contribution in [0.5, 0.6) is 0 Å². The second-order valence-corrected chi connectivity index (χ2v) is 6.84. The molecule has 0 aromatic heterocycles. The van der Waals surface area contributed by atoms with E-state index in [1.54, 1.807) is 0 Å². The van der Waals surface area contributed by atoms with Gasteiger partial charge in [-0.25, -0.2) is 0 Å². The Balaban J connectivity index is 0.00000243. The number of guanidine groups is 1. The SMILES string of the molecule is CCNC(=NCC1CCCOC1c1ccccc1)NCC1CCCO1.I. The van der Waals surface area contributed by atoms with Crippen LogP contribution in [0.4, 0.5) is 0 Å². The van der Waals surface area contributed by atoms with Gasteiger partial charge in [-0.05, 0) is 38.2 Å². The third-order valence-electron chi connectivity index (χ3n) is 4.92. The number of nitrogens with zero attached hydrogens (tertiary/aromatic N) is 1. The van der Waals surface area contributed by atoms with Crippen LogP contribution in [0.2, 0.25) is 0 Å². The number of nitrogens with one attached hydrogen (secondary N) is 2. The second-order valence-electron chi connectivity index (χ2n) is 6.84. The van der Waals surface area contributed by atoms with Gasteiger partial charge in [-0.15, -0.1) is 24.0 Å². The summed E-state index contributed by atoms with van der Waals surface area (Å²) < 4.78 is 11.8. The molecule has 0 saturated carbocycles. The van der Waals surface area contributed by atoms with E-state index in [4.69, 9.17) is 14.5 Å². The van der Waals surface area contributed by atoms with E-state index < -0.39 is 0 Å². The molecule has 1 aromatic rings. The average Bonchev–Trinajstić information content (AvgIpc) is 3.18. The third kappa shape index (κ3) is 6.39. The van der Waals surface area contributed by atoms with Crippen molar-refractivity contribution in [3.63, 3.8) is 0 Å². The van der Waals surface area contributed by atoms with Gasteiger partial charge in [0.1, 0.15) is 0 Å². The normalized spacial score (nSPS) is 26.2. The molecule has 2 N–H and O–H groups in total. The average molecular weight is 473 g/mol. The number of hydrogen-bond acceptors (Lipinski definition) is 3. The van der Waals surface area contributed by atoms with Gasteiger partial charge in [0.15, 0.2) is 5.96 Å². The van der Waals surface area contributed by atoms with Crippen molar-refractivity contribution in [3.05, 3.63) is 35.9 Å². The molecule has 6 heteroatoms. The van der Waals surface area contributed by atoms with Crippen LogP contribution in [-0.2, 0) is 9.47 Å². The molecule has 2 aliphatic heterocycles. The van der Waals surface area contributed by atoms with Gasteiger partial charge in [-0.1, -0.05) is 30.3 Å². The molecule has 26 heavy (non-hydrogen) atoms. The van der Waals surface area contributed by atoms with Gasteiger partial charge in [0.2, 0.25) is 0 Å². The minimum absolute atomic E-state index is 0. The third-order valence-corrected chi connectivity index (χ3v) is 4.92. The minimum atomic E-state index is 0. The van der Waals surface area contributed by atoms with E-state index in [-0.39, 0.29) is 30.1 Å². The molecular weight excluding hydrogens is 441 g/mol. The lowest BCUT2D eigenvalue weighted by atomic mass is 9.89. The minimum Gasteiger partial charge on any atom is -0.376 e. The maximum atomic E-state index is 6.08. The van der Waals surface area contributed by atoms with E-state index in [1.165, 1.54) is 5.56 Å². The predicted molar refractivity (Wildman–Crippen MR) is 116 cm³/mol. The highest BCUT2D eigenvalue weighted by atomic mass is 127. The van der Waals surface area contributed by atoms with Crippen LogP contribution in [-0.4, -0.2) is 44.9 Å². The topological polar surface area (TPSA) is 54.9 Å². The molecule has 2 aliphatic rings. The van der Waals surface area contributed by atoms with E-state index in [2.05, 4.69) is 47.9 Å². The fourth-order valence-corrected chi connectivity index (χ4v) is 3.61. The summed E-state index contributed by atoms with van der Waals surface area (Å²) in [4.78, 5) is 4.83. The summed E-state index contributed by atoms with van der Waals surface area (Å²) in [5.41, 5.74) is 1.26. The van der Waals surface area contributed by atoms with Crippen molar-refractivity contribution in [2.24, 2.45) is 10.9 Å². The molecule has 0 amide bonds. The summed E-state index contributed by atoms with van der Waals surface area (Å²) in [5.74, 6) is 1.31. The van der Waals surface area contributed by atoms with E-state index in [9.17, 15) is 0 Å². The predicted octanol–water partition coefficient (Wildman–Crippen LogP) is 3.51. The lowest BCUT2D eigenvalue weighted by molar-refractivity contribution is -0.0250. The molecule has 2 fully saturated rings. The molecule has 1 aromatic carbocycles. The maximum Gasteiger partial charge on any atom is 0.191 e. The molecule has 0 aliphatic carbocycles. The van der Waals surface area contributed by atoms with Gasteiger partial charge < -0.3 is 20.1 Å². The van der Waals surface area contributed by atoms with Crippen LogP contribution in [0.25, 0.3) is 0 Å². The highest BCUT2D eigenvalue weighted by Crippen LogP contribution is 2.33. The molecule has 146 valence electrons. The van der Waals surface area contributed by atoms with E-state index in [0.29, 0.717) is 12.0 Å². The van der Waals surface area contributed by atoms with Crippen molar-refractivity contribution in [1.82, 2.24) is 10.6 Å². The fraction of sp³-hybridized carbons (Fsp3) is 0.650. The number of ether oxygens (including phenoxy) is 2. The first-order valence-corrected chi connectivity index (χ1v) is 9.67. The Labute approximate surface area is 174 Å². The molecule has 2 saturated heterocycles. The summed E-state index contributed by atoms with van der Waals surface area (Å²) in [5, 5.41) is 6.77. The molecule has 3 unspecified atom stereocenters. The first kappa shape index (κ1) is 21.4. The Morgan fingerprint density at radius 3 is 2.58 bits per heavy atom. The van der Waals surface area contributed by atoms with Gasteiger partial charge in [0, 0.05) is 38.8 Å². The van der Waals surface area contributed by atoms with Crippen molar-refractivity contribution >= 4 is 29.9 Å². The van der Waals surface area contributed by atoms with Gasteiger partial charge >= 0.3 is 0 Å². The summed E-state index contributed by atoms with van der Waals surface area (Å²) >= 11 is 0. The molecule has 3 rings (SSSR count). The number of aliphatic imine (C=N–C) groups is 1. The van der Waals surface area contributed by atoms with Crippen LogP contribution in [0.15, 0.2) is 35.3 Å². The van der Waals surface area contributed by atoms with Gasteiger partial charge in [0.05, 0.1) is 12.2 Å². The highest BCUT2D eigenvalue weighted by molar-refractivity contribution is 14.0. The Kier molecular flexibility index (Phi) is 9.71. The monoisotopic (exact) mass is 473 g/mol. The Hall–Kier alpha value is -0.860. The molecule has 3 atom stereocenters. The van der Waals surface area contributed by atoms with Crippen LogP contribution in [0, 0.1) is 5.92 Å². The smallest absolute Gasteiger partial charge is 0.191 e. The number of benzene rings is 1. The highest BCUT2D eigenvalue weighted by Gasteiger charge is 2.27. The quantitative estimate of drug-likeness (QED) is 0.377. The van der Waals surface area contributed by atoms with Crippen LogP contribution < -0.4 is 10.6 Å². The molecule has 0 radical (unpaired) electrons. The van der Waals surface area contributed by atoms with E-state index in [0.717, 1.165) is 64.5 Å². The number of halogens is 1. The van der Waals surface area contributed by atoms with E-state index in [1.807, 2.05) is 0 Å². The molecule has 2 heterocycles. The summed E-state index contributed by atoms with van der Waals surface area (Å²) in [6, 6.07) is 10.5. The number of rotatable bonds is 6. The standard InChI is InChI=1S/C20H31N3O2.HI/c1-2-21-20(23-15-18-11-7-12-24-18)22-14-17-10-6-13-25-19(17)16-8-4-3-5-9-16;/h3-5,8-9,17-19H,2,6-7,10-15H2,1H3,(H2,21,22,23);1H. The van der Waals surface area contributed by atoms with Crippen molar-refractivity contribution < 1.29 is 9.47 Å². The van der Waals surface area contributed by atoms with Crippen molar-refractivity contribution in [1.29, 1.82) is 0 Å². The van der Waals surface area contributed by atoms with Crippen molar-refractivity contribution in [3.8, 4) is 0 Å². The lowest BCUT2D eigenvalue weighted by Gasteiger charge is -2.31. The van der Waals surface area contributed by atoms with Crippen molar-refractivity contribution in [2.75, 3.05) is 32.8 Å². The van der Waals surface area contributed by atoms with Crippen LogP contribution >= 0.6 is 24.0 Å². The first-order chi connectivity index (χ1) is 12.4. The Bertz CT molecular complexity index is 535. The Morgan fingerprint density at radius 2 is 1.85 bits per heavy atom. The zero-order valence-corrected chi connectivity index (χ0v) is 18.0. The lowest BCUT2D eigenvalue weighted by Crippen LogP contribution is -2.41. The summed E-state index contributed by atoms with van der Waals surface area (Å²) in [6.45, 7) is 6.30. The van der Waals surface area contributed by atoms with Gasteiger partial charge in [-0.2, -0.15) is 0 Å². The fourth-order valence-electron chi connectivity index (χ4n) is 3.61. The molecule has 0 spiro atoms. The first-order valence-electron chi connectivity index (χ1n) is 9.67. The summed E-state index contributed by atoms with van der Waals surface area (Å²) in [7, 11) is 0. The maximum absolute atomic E-state index is 6.08. The van der Waals surface area contributed by atoms with Gasteiger partial charge in [0.25, 0.3) is 0 Å². The molecular formula is C20H32IN3O2. The summed E-state index contributed by atoms with van der Waals surface area (Å²) in [6.07, 6.45) is 5.05. The second kappa shape index (κ2) is 11.8.